The second kappa shape index (κ2) is 6.06. The Morgan fingerprint density at radius 2 is 1.50 bits per heavy atom. The molecule has 4 nitrogen and oxygen atoms in total. The highest BCUT2D eigenvalue weighted by atomic mass is 31.2. The SMILES string of the molecule is COc1cccc(OC)c1-c1cccc2c1[P@](=O)(C(C)(C)C)C(C)(C)O2. The van der Waals surface area contributed by atoms with Crippen LogP contribution < -0.4 is 19.5 Å². The molecule has 0 saturated carbocycles. The van der Waals surface area contributed by atoms with Crippen molar-refractivity contribution in [3.8, 4) is 28.4 Å². The van der Waals surface area contributed by atoms with E-state index in [-0.39, 0.29) is 0 Å². The molecule has 5 heteroatoms. The minimum atomic E-state index is -2.94. The van der Waals surface area contributed by atoms with Crippen molar-refractivity contribution in [1.29, 1.82) is 0 Å². The maximum Gasteiger partial charge on any atom is 0.165 e. The van der Waals surface area contributed by atoms with E-state index in [9.17, 15) is 4.57 Å². The average Bonchev–Trinajstić information content (AvgIpc) is 2.80. The van der Waals surface area contributed by atoms with Crippen LogP contribution in [0.4, 0.5) is 0 Å². The maximum absolute atomic E-state index is 14.5. The molecule has 0 N–H and O–H groups in total. The summed E-state index contributed by atoms with van der Waals surface area (Å²) in [5.41, 5.74) is 1.65. The zero-order valence-corrected chi connectivity index (χ0v) is 17.4. The van der Waals surface area contributed by atoms with Crippen molar-refractivity contribution in [2.24, 2.45) is 0 Å². The molecular formula is C21H27O4P. The van der Waals surface area contributed by atoms with Gasteiger partial charge in [0.15, 0.2) is 12.5 Å². The Labute approximate surface area is 155 Å². The monoisotopic (exact) mass is 374 g/mol. The summed E-state index contributed by atoms with van der Waals surface area (Å²) in [6.07, 6.45) is 0. The third-order valence-corrected chi connectivity index (χ3v) is 9.66. The number of methoxy groups -OCH3 is 2. The highest BCUT2D eigenvalue weighted by Gasteiger charge is 2.58. The molecule has 1 aliphatic rings. The Kier molecular flexibility index (Phi) is 4.39. The van der Waals surface area contributed by atoms with E-state index in [0.717, 1.165) is 16.4 Å². The summed E-state index contributed by atoms with van der Waals surface area (Å²) < 4.78 is 31.9. The van der Waals surface area contributed by atoms with Crippen LogP contribution in [0.3, 0.4) is 0 Å². The van der Waals surface area contributed by atoms with Gasteiger partial charge in [-0.2, -0.15) is 0 Å². The van der Waals surface area contributed by atoms with E-state index in [4.69, 9.17) is 14.2 Å². The largest absolute Gasteiger partial charge is 0.496 e. The zero-order chi connectivity index (χ0) is 19.3. The van der Waals surface area contributed by atoms with Crippen LogP contribution in [0, 0.1) is 0 Å². The maximum atomic E-state index is 14.5. The normalized spacial score (nSPS) is 21.0. The van der Waals surface area contributed by atoms with E-state index >= 15 is 0 Å². The van der Waals surface area contributed by atoms with Gasteiger partial charge < -0.3 is 18.8 Å². The molecular weight excluding hydrogens is 347 g/mol. The van der Waals surface area contributed by atoms with Gasteiger partial charge >= 0.3 is 0 Å². The number of hydrogen-bond acceptors (Lipinski definition) is 4. The van der Waals surface area contributed by atoms with Crippen LogP contribution in [-0.4, -0.2) is 24.7 Å². The molecule has 0 aliphatic carbocycles. The Morgan fingerprint density at radius 1 is 0.962 bits per heavy atom. The molecule has 0 spiro atoms. The van der Waals surface area contributed by atoms with Crippen molar-refractivity contribution in [3.05, 3.63) is 36.4 Å². The van der Waals surface area contributed by atoms with Crippen molar-refractivity contribution in [3.63, 3.8) is 0 Å². The predicted molar refractivity (Wildman–Crippen MR) is 107 cm³/mol. The second-order valence-electron chi connectivity index (χ2n) is 8.02. The van der Waals surface area contributed by atoms with Gasteiger partial charge in [0.25, 0.3) is 0 Å². The molecule has 2 aromatic rings. The van der Waals surface area contributed by atoms with E-state index < -0.39 is 17.6 Å². The number of hydrogen-bond donors (Lipinski definition) is 0. The smallest absolute Gasteiger partial charge is 0.165 e. The first-order chi connectivity index (χ1) is 12.1. The van der Waals surface area contributed by atoms with Gasteiger partial charge in [0.1, 0.15) is 17.2 Å². The van der Waals surface area contributed by atoms with Crippen LogP contribution in [-0.2, 0) is 4.57 Å². The van der Waals surface area contributed by atoms with Crippen molar-refractivity contribution < 1.29 is 18.8 Å². The van der Waals surface area contributed by atoms with Gasteiger partial charge in [0.2, 0.25) is 0 Å². The summed E-state index contributed by atoms with van der Waals surface area (Å²) in [4.78, 5) is 0. The Balaban J connectivity index is 2.42. The highest BCUT2D eigenvalue weighted by Crippen LogP contribution is 2.72. The molecule has 1 aliphatic heterocycles. The van der Waals surface area contributed by atoms with Gasteiger partial charge in [0.05, 0.1) is 25.1 Å². The topological polar surface area (TPSA) is 44.8 Å². The predicted octanol–water partition coefficient (Wildman–Crippen LogP) is 5.29. The Morgan fingerprint density at radius 3 is 2.00 bits per heavy atom. The minimum Gasteiger partial charge on any atom is -0.496 e. The lowest BCUT2D eigenvalue weighted by Gasteiger charge is -2.37. The van der Waals surface area contributed by atoms with Gasteiger partial charge in [-0.1, -0.05) is 39.0 Å². The summed E-state index contributed by atoms with van der Waals surface area (Å²) in [5.74, 6) is 2.05. The van der Waals surface area contributed by atoms with Gasteiger partial charge in [-0.3, -0.25) is 0 Å². The quantitative estimate of drug-likeness (QED) is 0.685. The van der Waals surface area contributed by atoms with Gasteiger partial charge in [0, 0.05) is 10.7 Å². The third-order valence-electron chi connectivity index (χ3n) is 5.07. The van der Waals surface area contributed by atoms with Gasteiger partial charge in [-0.05, 0) is 32.0 Å². The minimum absolute atomic E-state index is 0.451. The number of rotatable bonds is 3. The fourth-order valence-corrected chi connectivity index (χ4v) is 8.00. The number of ether oxygens (including phenoxy) is 3. The fraction of sp³-hybridized carbons (Fsp3) is 0.429. The van der Waals surface area contributed by atoms with E-state index in [1.807, 2.05) is 71.0 Å². The number of benzene rings is 2. The van der Waals surface area contributed by atoms with Gasteiger partial charge in [-0.25, -0.2) is 0 Å². The lowest BCUT2D eigenvalue weighted by atomic mass is 10.0. The van der Waals surface area contributed by atoms with Gasteiger partial charge in [-0.15, -0.1) is 0 Å². The first-order valence-electron chi connectivity index (χ1n) is 8.72. The molecule has 1 heterocycles. The summed E-state index contributed by atoms with van der Waals surface area (Å²) in [5, 5.41) is -0.452. The molecule has 0 fully saturated rings. The second-order valence-corrected chi connectivity index (χ2v) is 12.1. The standard InChI is InChI=1S/C21H27O4P/c1-20(2,3)26(22)19-14(10-8-13-17(19)25-21(26,4)5)18-15(23-6)11-9-12-16(18)24-7/h8-13H,1-7H3/t26-/m0/s1. The van der Waals surface area contributed by atoms with Crippen LogP contribution in [0.15, 0.2) is 36.4 Å². The summed E-state index contributed by atoms with van der Waals surface area (Å²) in [6, 6.07) is 11.5. The molecule has 140 valence electrons. The summed E-state index contributed by atoms with van der Waals surface area (Å²) >= 11 is 0. The molecule has 26 heavy (non-hydrogen) atoms. The molecule has 0 amide bonds. The molecule has 3 rings (SSSR count). The molecule has 0 unspecified atom stereocenters. The van der Waals surface area contributed by atoms with E-state index in [1.54, 1.807) is 14.2 Å². The van der Waals surface area contributed by atoms with Crippen LogP contribution in [0.2, 0.25) is 0 Å². The fourth-order valence-electron chi connectivity index (χ4n) is 3.99. The lowest BCUT2D eigenvalue weighted by molar-refractivity contribution is 0.201. The van der Waals surface area contributed by atoms with E-state index in [0.29, 0.717) is 17.2 Å². The summed E-state index contributed by atoms with van der Waals surface area (Å²) in [7, 11) is 0.317. The van der Waals surface area contributed by atoms with Crippen molar-refractivity contribution >= 4 is 12.4 Å². The first kappa shape index (κ1) is 18.8. The zero-order valence-electron chi connectivity index (χ0n) is 16.5. The molecule has 2 aromatic carbocycles. The van der Waals surface area contributed by atoms with Crippen LogP contribution in [0.25, 0.3) is 11.1 Å². The number of fused-ring (bicyclic) bond motifs is 1. The Bertz CT molecular complexity index is 871. The third kappa shape index (κ3) is 2.46. The van der Waals surface area contributed by atoms with Crippen molar-refractivity contribution in [2.45, 2.75) is 45.1 Å². The van der Waals surface area contributed by atoms with E-state index in [1.165, 1.54) is 0 Å². The van der Waals surface area contributed by atoms with Crippen molar-refractivity contribution in [2.75, 3.05) is 14.2 Å². The van der Waals surface area contributed by atoms with Crippen LogP contribution in [0.1, 0.15) is 34.6 Å². The van der Waals surface area contributed by atoms with Crippen LogP contribution >= 0.6 is 7.14 Å². The van der Waals surface area contributed by atoms with Crippen LogP contribution in [0.5, 0.6) is 17.2 Å². The molecule has 1 atom stereocenters. The Hall–Kier alpha value is -1.93. The molecule has 0 bridgehead atoms. The molecule has 0 aromatic heterocycles. The van der Waals surface area contributed by atoms with E-state index in [2.05, 4.69) is 0 Å². The highest BCUT2D eigenvalue weighted by molar-refractivity contribution is 7.75. The molecule has 0 saturated heterocycles. The molecule has 0 radical (unpaired) electrons. The lowest BCUT2D eigenvalue weighted by Crippen LogP contribution is -2.35. The average molecular weight is 374 g/mol. The first-order valence-corrected chi connectivity index (χ1v) is 10.4. The summed E-state index contributed by atoms with van der Waals surface area (Å²) in [6.45, 7) is 9.89. The van der Waals surface area contributed by atoms with Crippen molar-refractivity contribution in [1.82, 2.24) is 0 Å².